The van der Waals surface area contributed by atoms with Gasteiger partial charge in [-0.15, -0.1) is 0 Å². The number of carbonyl (C=O) groups is 1. The Bertz CT molecular complexity index is 848. The molecule has 2 amide bonds. The molecule has 25 heavy (non-hydrogen) atoms. The van der Waals surface area contributed by atoms with Crippen LogP contribution in [0.5, 0.6) is 0 Å². The molecular formula is C16H19N5O2S2. The van der Waals surface area contributed by atoms with Gasteiger partial charge >= 0.3 is 6.03 Å². The Morgan fingerprint density at radius 2 is 2.24 bits per heavy atom. The molecule has 1 aliphatic heterocycles. The van der Waals surface area contributed by atoms with Crippen LogP contribution in [0, 0.1) is 0 Å². The lowest BCUT2D eigenvalue weighted by molar-refractivity contribution is -0.117. The second-order valence-corrected chi connectivity index (χ2v) is 8.41. The van der Waals surface area contributed by atoms with Crippen molar-refractivity contribution >= 4 is 51.4 Å². The summed E-state index contributed by atoms with van der Waals surface area (Å²) in [5, 5.41) is 20.3. The topological polar surface area (TPSA) is 84.0 Å². The number of hydrazone groups is 1. The first-order chi connectivity index (χ1) is 11.8. The minimum atomic E-state index is -0.716. The normalized spacial score (nSPS) is 19.8. The molecule has 3 rings (SSSR count). The number of carbonyl (C=O) groups excluding carboxylic acids is 1. The number of nitrogens with one attached hydrogen (secondary N) is 2. The molecule has 2 aromatic rings. The maximum atomic E-state index is 11.9. The third-order valence-corrected chi connectivity index (χ3v) is 5.52. The predicted octanol–water partition coefficient (Wildman–Crippen LogP) is 2.97. The molecule has 0 radical (unpaired) electrons. The summed E-state index contributed by atoms with van der Waals surface area (Å²) < 4.78 is -0.0235. The van der Waals surface area contributed by atoms with Crippen LogP contribution in [0.15, 0.2) is 35.6 Å². The molecule has 0 saturated carbocycles. The van der Waals surface area contributed by atoms with Crippen LogP contribution in [-0.4, -0.2) is 54.8 Å². The highest BCUT2D eigenvalue weighted by Crippen LogP contribution is 2.42. The number of hydrogen-bond acceptors (Lipinski definition) is 5. The number of nitrogens with zero attached hydrogens (tertiary/aromatic N) is 3. The van der Waals surface area contributed by atoms with Crippen molar-refractivity contribution in [1.82, 2.24) is 20.4 Å². The first kappa shape index (κ1) is 17.7. The van der Waals surface area contributed by atoms with Crippen LogP contribution >= 0.6 is 24.0 Å². The summed E-state index contributed by atoms with van der Waals surface area (Å²) in [5.74, 6) is 0. The monoisotopic (exact) mass is 377 g/mol. The van der Waals surface area contributed by atoms with Crippen molar-refractivity contribution in [3.63, 3.8) is 0 Å². The number of amides is 2. The van der Waals surface area contributed by atoms with Gasteiger partial charge in [0.05, 0.1) is 11.0 Å². The second kappa shape index (κ2) is 6.66. The van der Waals surface area contributed by atoms with Gasteiger partial charge in [0.25, 0.3) is 0 Å². The third-order valence-electron chi connectivity index (χ3n) is 3.99. The van der Waals surface area contributed by atoms with E-state index in [9.17, 15) is 10.0 Å². The first-order valence-electron chi connectivity index (χ1n) is 7.67. The highest BCUT2D eigenvalue weighted by molar-refractivity contribution is 8.24. The van der Waals surface area contributed by atoms with Crippen molar-refractivity contribution in [3.05, 3.63) is 36.0 Å². The SMILES string of the molecule is CNC(=O)N(O)[C@@H]1N(/N=C\c2c[nH]c3ccccc23)C(=S)SC1(C)C. The Hall–Kier alpha value is -2.10. The Morgan fingerprint density at radius 1 is 1.52 bits per heavy atom. The molecule has 1 fully saturated rings. The van der Waals surface area contributed by atoms with Crippen LogP contribution in [0.25, 0.3) is 10.9 Å². The Balaban J connectivity index is 1.93. The van der Waals surface area contributed by atoms with E-state index in [1.54, 1.807) is 6.21 Å². The molecule has 1 aromatic heterocycles. The fourth-order valence-electron chi connectivity index (χ4n) is 2.78. The summed E-state index contributed by atoms with van der Waals surface area (Å²) in [5.41, 5.74) is 1.91. The lowest BCUT2D eigenvalue weighted by Crippen LogP contribution is -2.55. The molecule has 0 bridgehead atoms. The average molecular weight is 377 g/mol. The highest BCUT2D eigenvalue weighted by Gasteiger charge is 2.49. The van der Waals surface area contributed by atoms with Crippen molar-refractivity contribution in [1.29, 1.82) is 0 Å². The zero-order chi connectivity index (χ0) is 18.2. The van der Waals surface area contributed by atoms with Crippen LogP contribution in [0.4, 0.5) is 4.79 Å². The van der Waals surface area contributed by atoms with E-state index in [0.717, 1.165) is 16.5 Å². The van der Waals surface area contributed by atoms with E-state index in [0.29, 0.717) is 9.38 Å². The van der Waals surface area contributed by atoms with Gasteiger partial charge in [-0.05, 0) is 19.9 Å². The van der Waals surface area contributed by atoms with Crippen LogP contribution in [-0.2, 0) is 0 Å². The van der Waals surface area contributed by atoms with Gasteiger partial charge in [0, 0.05) is 29.7 Å². The van der Waals surface area contributed by atoms with E-state index in [2.05, 4.69) is 15.4 Å². The molecular weight excluding hydrogens is 358 g/mol. The highest BCUT2D eigenvalue weighted by atomic mass is 32.2. The van der Waals surface area contributed by atoms with Crippen molar-refractivity contribution in [2.75, 3.05) is 7.05 Å². The Labute approximate surface area is 155 Å². The molecule has 1 atom stereocenters. The molecule has 3 N–H and O–H groups in total. The Morgan fingerprint density at radius 3 is 2.96 bits per heavy atom. The number of para-hydroxylation sites is 1. The Kier molecular flexibility index (Phi) is 4.72. The van der Waals surface area contributed by atoms with E-state index in [1.165, 1.54) is 23.8 Å². The summed E-state index contributed by atoms with van der Waals surface area (Å²) in [6, 6.07) is 7.27. The van der Waals surface area contributed by atoms with Crippen LogP contribution in [0.2, 0.25) is 0 Å². The molecule has 7 nitrogen and oxygen atoms in total. The van der Waals surface area contributed by atoms with Gasteiger partial charge in [-0.3, -0.25) is 5.21 Å². The standard InChI is InChI=1S/C16H19N5O2S2/c1-16(2)13(21(23)14(22)17-3)20(15(24)25-16)19-9-10-8-18-12-7-5-4-6-11(10)12/h4-9,13,18,23H,1-3H3,(H,17,22)/b19-9-/t13-/m0/s1. The molecule has 0 spiro atoms. The number of H-pyrrole nitrogens is 1. The second-order valence-electron chi connectivity index (χ2n) is 6.12. The van der Waals surface area contributed by atoms with Crippen LogP contribution in [0.1, 0.15) is 19.4 Å². The van der Waals surface area contributed by atoms with Gasteiger partial charge in [-0.2, -0.15) is 10.2 Å². The minimum absolute atomic E-state index is 0.494. The number of fused-ring (bicyclic) bond motifs is 1. The molecule has 9 heteroatoms. The lowest BCUT2D eigenvalue weighted by atomic mass is 10.1. The van der Waals surface area contributed by atoms with Gasteiger partial charge in [0.2, 0.25) is 0 Å². The van der Waals surface area contributed by atoms with E-state index in [-0.39, 0.29) is 0 Å². The molecule has 0 unspecified atom stereocenters. The van der Waals surface area contributed by atoms with Crippen LogP contribution < -0.4 is 5.32 Å². The number of aromatic nitrogens is 1. The summed E-state index contributed by atoms with van der Waals surface area (Å²) in [6.45, 7) is 3.81. The lowest BCUT2D eigenvalue weighted by Gasteiger charge is -2.33. The molecule has 1 aromatic carbocycles. The maximum Gasteiger partial charge on any atom is 0.343 e. The third kappa shape index (κ3) is 3.22. The number of benzene rings is 1. The number of rotatable bonds is 3. The summed E-state index contributed by atoms with van der Waals surface area (Å²) in [7, 11) is 1.46. The van der Waals surface area contributed by atoms with Gasteiger partial charge in [-0.1, -0.05) is 42.2 Å². The van der Waals surface area contributed by atoms with Crippen LogP contribution in [0.3, 0.4) is 0 Å². The number of urea groups is 1. The number of thiocarbonyl (C=S) groups is 1. The van der Waals surface area contributed by atoms with Crippen molar-refractivity contribution in [2.24, 2.45) is 5.10 Å². The van der Waals surface area contributed by atoms with Gasteiger partial charge in [0.15, 0.2) is 10.5 Å². The number of aromatic amines is 1. The first-order valence-corrected chi connectivity index (χ1v) is 8.90. The van der Waals surface area contributed by atoms with Crippen molar-refractivity contribution in [3.8, 4) is 0 Å². The van der Waals surface area contributed by atoms with Crippen molar-refractivity contribution in [2.45, 2.75) is 24.8 Å². The average Bonchev–Trinajstić information content (AvgIpc) is 3.09. The minimum Gasteiger partial charge on any atom is -0.361 e. The molecule has 1 saturated heterocycles. The zero-order valence-electron chi connectivity index (χ0n) is 14.1. The smallest absolute Gasteiger partial charge is 0.343 e. The number of thioether (sulfide) groups is 1. The molecule has 1 aliphatic rings. The summed E-state index contributed by atoms with van der Waals surface area (Å²) in [4.78, 5) is 15.1. The fourth-order valence-corrected chi connectivity index (χ4v) is 4.57. The molecule has 2 heterocycles. The zero-order valence-corrected chi connectivity index (χ0v) is 15.7. The molecule has 0 aliphatic carbocycles. The van der Waals surface area contributed by atoms with Gasteiger partial charge < -0.3 is 10.3 Å². The number of hydrogen-bond donors (Lipinski definition) is 3. The van der Waals surface area contributed by atoms with E-state index in [4.69, 9.17) is 12.2 Å². The molecule has 132 valence electrons. The van der Waals surface area contributed by atoms with E-state index >= 15 is 0 Å². The quantitative estimate of drug-likeness (QED) is 0.331. The summed E-state index contributed by atoms with van der Waals surface area (Å²) >= 11 is 6.79. The largest absolute Gasteiger partial charge is 0.361 e. The van der Waals surface area contributed by atoms with E-state index < -0.39 is 16.9 Å². The number of hydroxylamine groups is 2. The summed E-state index contributed by atoms with van der Waals surface area (Å²) in [6.07, 6.45) is 2.82. The van der Waals surface area contributed by atoms with Gasteiger partial charge in [-0.25, -0.2) is 9.80 Å². The predicted molar refractivity (Wildman–Crippen MR) is 104 cm³/mol. The van der Waals surface area contributed by atoms with E-state index in [1.807, 2.05) is 44.3 Å². The van der Waals surface area contributed by atoms with Gasteiger partial charge in [0.1, 0.15) is 0 Å². The fraction of sp³-hybridized carbons (Fsp3) is 0.312. The van der Waals surface area contributed by atoms with Crippen molar-refractivity contribution < 1.29 is 10.0 Å². The maximum absolute atomic E-state index is 11.9.